The summed E-state index contributed by atoms with van der Waals surface area (Å²) in [7, 11) is 0. The van der Waals surface area contributed by atoms with Crippen LogP contribution in [0.3, 0.4) is 0 Å². The van der Waals surface area contributed by atoms with Crippen molar-refractivity contribution in [3.8, 4) is 11.3 Å². The minimum atomic E-state index is -0.426. The van der Waals surface area contributed by atoms with Crippen molar-refractivity contribution in [3.05, 3.63) is 42.5 Å². The molecule has 0 saturated carbocycles. The number of nitrogens with one attached hydrogen (secondary N) is 1. The van der Waals surface area contributed by atoms with Crippen LogP contribution in [-0.2, 0) is 4.79 Å². The second kappa shape index (κ2) is 7.98. The highest BCUT2D eigenvalue weighted by Crippen LogP contribution is 2.27. The average molecular weight is 422 g/mol. The molecule has 9 heteroatoms. The Morgan fingerprint density at radius 1 is 1.10 bits per heavy atom. The van der Waals surface area contributed by atoms with E-state index in [0.29, 0.717) is 35.7 Å². The number of Topliss-reactive ketones (excluding diaryl/α,β-unsaturated/α-hetero) is 1. The molecule has 2 aromatic heterocycles. The number of hydrogen-bond donors (Lipinski definition) is 1. The van der Waals surface area contributed by atoms with Crippen molar-refractivity contribution in [1.82, 2.24) is 19.3 Å². The molecule has 0 radical (unpaired) electrons. The number of anilines is 2. The molecule has 0 bridgehead atoms. The Morgan fingerprint density at radius 2 is 1.94 bits per heavy atom. The van der Waals surface area contributed by atoms with Gasteiger partial charge in [0.1, 0.15) is 11.6 Å². The number of aromatic nitrogens is 3. The number of carbonyl (C=O) groups excluding carboxylic acids is 2. The molecule has 3 aromatic rings. The molecule has 2 aliphatic heterocycles. The molecular formula is C22H23FN6O2. The van der Waals surface area contributed by atoms with Gasteiger partial charge in [0, 0.05) is 43.5 Å². The number of benzene rings is 1. The Balaban J connectivity index is 1.42. The van der Waals surface area contributed by atoms with Crippen LogP contribution in [-0.4, -0.2) is 57.3 Å². The summed E-state index contributed by atoms with van der Waals surface area (Å²) < 4.78 is 16.4. The zero-order valence-corrected chi connectivity index (χ0v) is 17.1. The molecule has 4 heterocycles. The molecular weight excluding hydrogens is 399 g/mol. The Hall–Kier alpha value is -3.49. The number of amides is 2. The number of piperidine rings is 1. The van der Waals surface area contributed by atoms with E-state index < -0.39 is 5.82 Å². The van der Waals surface area contributed by atoms with E-state index in [0.717, 1.165) is 44.7 Å². The van der Waals surface area contributed by atoms with E-state index in [1.807, 2.05) is 4.90 Å². The lowest BCUT2D eigenvalue weighted by Crippen LogP contribution is -2.36. The molecule has 5 rings (SSSR count). The van der Waals surface area contributed by atoms with E-state index in [4.69, 9.17) is 0 Å². The summed E-state index contributed by atoms with van der Waals surface area (Å²) >= 11 is 0. The first kappa shape index (κ1) is 19.5. The number of nitrogens with zero attached hydrogens (tertiary/aromatic N) is 5. The number of ketones is 1. The predicted molar refractivity (Wildman–Crippen MR) is 115 cm³/mol. The highest BCUT2D eigenvalue weighted by Gasteiger charge is 2.21. The molecule has 1 N–H and O–H groups in total. The molecule has 2 fully saturated rings. The molecule has 0 atom stereocenters. The van der Waals surface area contributed by atoms with Crippen molar-refractivity contribution in [2.75, 3.05) is 36.4 Å². The maximum atomic E-state index is 14.6. The SMILES string of the molecule is O=C1CCCN(c2cnc3nc(-c4cc(NC(=O)N5CCCC5)ccc4F)ccn23)C1. The maximum Gasteiger partial charge on any atom is 0.321 e. The van der Waals surface area contributed by atoms with Gasteiger partial charge in [-0.2, -0.15) is 0 Å². The Bertz CT molecular complexity index is 1150. The minimum absolute atomic E-state index is 0.174. The van der Waals surface area contributed by atoms with Gasteiger partial charge in [0.15, 0.2) is 5.78 Å². The van der Waals surface area contributed by atoms with Crippen LogP contribution in [0.15, 0.2) is 36.7 Å². The third-order valence-electron chi connectivity index (χ3n) is 5.82. The smallest absolute Gasteiger partial charge is 0.321 e. The highest BCUT2D eigenvalue weighted by atomic mass is 19.1. The Morgan fingerprint density at radius 3 is 2.74 bits per heavy atom. The summed E-state index contributed by atoms with van der Waals surface area (Å²) in [6, 6.07) is 6.01. The lowest BCUT2D eigenvalue weighted by molar-refractivity contribution is -0.118. The molecule has 160 valence electrons. The second-order valence-corrected chi connectivity index (χ2v) is 7.98. The predicted octanol–water partition coefficient (Wildman–Crippen LogP) is 3.33. The molecule has 2 aliphatic rings. The van der Waals surface area contributed by atoms with Crippen LogP contribution in [0.4, 0.5) is 20.7 Å². The van der Waals surface area contributed by atoms with Gasteiger partial charge in [-0.05, 0) is 43.5 Å². The Labute approximate surface area is 178 Å². The second-order valence-electron chi connectivity index (χ2n) is 7.98. The van der Waals surface area contributed by atoms with Crippen LogP contribution in [0.1, 0.15) is 25.7 Å². The average Bonchev–Trinajstić information content (AvgIpc) is 3.45. The summed E-state index contributed by atoms with van der Waals surface area (Å²) in [5.41, 5.74) is 1.24. The summed E-state index contributed by atoms with van der Waals surface area (Å²) in [6.45, 7) is 2.63. The van der Waals surface area contributed by atoms with Crippen LogP contribution in [0.2, 0.25) is 0 Å². The quantitative estimate of drug-likeness (QED) is 0.700. The van der Waals surface area contributed by atoms with Gasteiger partial charge in [-0.15, -0.1) is 0 Å². The number of hydrogen-bond acceptors (Lipinski definition) is 5. The lowest BCUT2D eigenvalue weighted by Gasteiger charge is -2.26. The van der Waals surface area contributed by atoms with E-state index >= 15 is 0 Å². The molecule has 0 unspecified atom stereocenters. The van der Waals surface area contributed by atoms with Gasteiger partial charge in [0.25, 0.3) is 0 Å². The van der Waals surface area contributed by atoms with Crippen molar-refractivity contribution < 1.29 is 14.0 Å². The monoisotopic (exact) mass is 422 g/mol. The summed E-state index contributed by atoms with van der Waals surface area (Å²) in [5, 5.41) is 2.84. The van der Waals surface area contributed by atoms with E-state index in [2.05, 4.69) is 15.3 Å². The summed E-state index contributed by atoms with van der Waals surface area (Å²) in [5.74, 6) is 1.01. The number of imidazole rings is 1. The van der Waals surface area contributed by atoms with Crippen LogP contribution >= 0.6 is 0 Å². The van der Waals surface area contributed by atoms with Crippen LogP contribution in [0.25, 0.3) is 17.0 Å². The molecule has 0 aliphatic carbocycles. The third-order valence-corrected chi connectivity index (χ3v) is 5.82. The third kappa shape index (κ3) is 3.83. The van der Waals surface area contributed by atoms with E-state index in [-0.39, 0.29) is 11.8 Å². The summed E-state index contributed by atoms with van der Waals surface area (Å²) in [4.78, 5) is 36.8. The van der Waals surface area contributed by atoms with Crippen LogP contribution < -0.4 is 10.2 Å². The lowest BCUT2D eigenvalue weighted by atomic mass is 10.1. The van der Waals surface area contributed by atoms with Crippen molar-refractivity contribution >= 4 is 29.1 Å². The van der Waals surface area contributed by atoms with Crippen LogP contribution in [0, 0.1) is 5.82 Å². The summed E-state index contributed by atoms with van der Waals surface area (Å²) in [6.07, 6.45) is 6.91. The van der Waals surface area contributed by atoms with E-state index in [1.165, 1.54) is 6.07 Å². The largest absolute Gasteiger partial charge is 0.349 e. The first-order valence-corrected chi connectivity index (χ1v) is 10.5. The first-order chi connectivity index (χ1) is 15.1. The van der Waals surface area contributed by atoms with Crippen molar-refractivity contribution in [3.63, 3.8) is 0 Å². The molecule has 0 spiro atoms. The number of carbonyl (C=O) groups is 2. The van der Waals surface area contributed by atoms with E-state index in [1.54, 1.807) is 39.9 Å². The normalized spacial score (nSPS) is 16.9. The maximum absolute atomic E-state index is 14.6. The minimum Gasteiger partial charge on any atom is -0.349 e. The van der Waals surface area contributed by atoms with Gasteiger partial charge in [0.2, 0.25) is 5.78 Å². The van der Waals surface area contributed by atoms with E-state index in [9.17, 15) is 14.0 Å². The van der Waals surface area contributed by atoms with Gasteiger partial charge in [0.05, 0.1) is 18.4 Å². The number of urea groups is 1. The van der Waals surface area contributed by atoms with Gasteiger partial charge in [-0.3, -0.25) is 9.20 Å². The van der Waals surface area contributed by atoms with Gasteiger partial charge >= 0.3 is 6.03 Å². The number of fused-ring (bicyclic) bond motifs is 1. The zero-order chi connectivity index (χ0) is 21.4. The first-order valence-electron chi connectivity index (χ1n) is 10.5. The number of rotatable bonds is 3. The fraction of sp³-hybridized carbons (Fsp3) is 0.364. The molecule has 2 saturated heterocycles. The number of likely N-dealkylation sites (tertiary alicyclic amines) is 1. The standard InChI is InChI=1S/C22H23FN6O2/c23-18-6-5-15(25-22(31)27-8-1-2-9-27)12-17(18)19-7-11-29-20(13-24-21(29)26-19)28-10-3-4-16(30)14-28/h5-7,11-13H,1-4,8-10,14H2,(H,25,31). The fourth-order valence-corrected chi connectivity index (χ4v) is 4.20. The van der Waals surface area contributed by atoms with Gasteiger partial charge in [-0.25, -0.2) is 19.2 Å². The molecule has 2 amide bonds. The van der Waals surface area contributed by atoms with Crippen molar-refractivity contribution in [2.24, 2.45) is 0 Å². The molecule has 8 nitrogen and oxygen atoms in total. The molecule has 1 aromatic carbocycles. The fourth-order valence-electron chi connectivity index (χ4n) is 4.20. The molecule has 31 heavy (non-hydrogen) atoms. The Kier molecular flexibility index (Phi) is 5.01. The van der Waals surface area contributed by atoms with Gasteiger partial charge < -0.3 is 15.1 Å². The number of halogens is 1. The topological polar surface area (TPSA) is 82.8 Å². The van der Waals surface area contributed by atoms with Crippen molar-refractivity contribution in [1.29, 1.82) is 0 Å². The van der Waals surface area contributed by atoms with Gasteiger partial charge in [-0.1, -0.05) is 0 Å². The highest BCUT2D eigenvalue weighted by molar-refractivity contribution is 5.90. The van der Waals surface area contributed by atoms with Crippen LogP contribution in [0.5, 0.6) is 0 Å². The zero-order valence-electron chi connectivity index (χ0n) is 17.1. The van der Waals surface area contributed by atoms with Crippen molar-refractivity contribution in [2.45, 2.75) is 25.7 Å².